The molecule has 6 heteroatoms. The van der Waals surface area contributed by atoms with E-state index in [0.717, 1.165) is 18.7 Å². The predicted octanol–water partition coefficient (Wildman–Crippen LogP) is 3.92. The molecule has 2 aromatic rings. The Bertz CT molecular complexity index is 804. The third-order valence-electron chi connectivity index (χ3n) is 4.96. The van der Waals surface area contributed by atoms with Crippen LogP contribution in [0.3, 0.4) is 0 Å². The molecule has 1 aliphatic heterocycles. The smallest absolute Gasteiger partial charge is 0.331 e. The molecular weight excluding hydrogens is 368 g/mol. The minimum Gasteiger partial charge on any atom is -0.467 e. The van der Waals surface area contributed by atoms with Crippen LogP contribution in [0.5, 0.6) is 0 Å². The van der Waals surface area contributed by atoms with Crippen LogP contribution in [0.1, 0.15) is 43.9 Å². The van der Waals surface area contributed by atoms with Gasteiger partial charge in [0.2, 0.25) is 0 Å². The lowest BCUT2D eigenvalue weighted by Gasteiger charge is -2.22. The number of benzene rings is 1. The van der Waals surface area contributed by atoms with Gasteiger partial charge >= 0.3 is 5.97 Å². The van der Waals surface area contributed by atoms with Crippen molar-refractivity contribution in [1.29, 1.82) is 0 Å². The Morgan fingerprint density at radius 2 is 1.86 bits per heavy atom. The van der Waals surface area contributed by atoms with E-state index in [1.807, 2.05) is 12.1 Å². The highest BCUT2D eigenvalue weighted by Crippen LogP contribution is 2.20. The number of carbonyl (C=O) groups excluding carboxylic acids is 2. The van der Waals surface area contributed by atoms with Gasteiger partial charge in [-0.15, -0.1) is 0 Å². The minimum atomic E-state index is -0.882. The number of nitrogens with zero attached hydrogens (tertiary/aromatic N) is 1. The van der Waals surface area contributed by atoms with E-state index in [1.165, 1.54) is 43.7 Å². The Morgan fingerprint density at radius 3 is 2.52 bits per heavy atom. The minimum absolute atomic E-state index is 0.257. The maximum Gasteiger partial charge on any atom is 0.331 e. The standard InChI is InChI=1S/C23H28N2O4/c1-18(23(27)24-17-21-7-6-16-28-21)29-22(26)13-10-19-8-11-20(12-9-19)25-14-4-2-3-5-15-25/h6-13,16,18H,2-5,14-15,17H2,1H3,(H,24,27)/b13-10+/t18-/m0/s1. The van der Waals surface area contributed by atoms with Gasteiger partial charge in [-0.1, -0.05) is 25.0 Å². The summed E-state index contributed by atoms with van der Waals surface area (Å²) in [7, 11) is 0. The molecule has 1 aromatic carbocycles. The Hall–Kier alpha value is -3.02. The molecule has 1 aliphatic rings. The van der Waals surface area contributed by atoms with Gasteiger partial charge in [-0.05, 0) is 55.7 Å². The zero-order valence-electron chi connectivity index (χ0n) is 16.8. The number of anilines is 1. The molecule has 3 rings (SSSR count). The monoisotopic (exact) mass is 396 g/mol. The lowest BCUT2D eigenvalue weighted by atomic mass is 10.1. The van der Waals surface area contributed by atoms with Gasteiger partial charge in [0.15, 0.2) is 6.10 Å². The van der Waals surface area contributed by atoms with Crippen molar-refractivity contribution in [3.05, 3.63) is 60.1 Å². The zero-order valence-corrected chi connectivity index (χ0v) is 16.8. The van der Waals surface area contributed by atoms with Crippen molar-refractivity contribution in [2.24, 2.45) is 0 Å². The SMILES string of the molecule is C[C@H](OC(=O)/C=C/c1ccc(N2CCCCCC2)cc1)C(=O)NCc1ccco1. The molecule has 1 saturated heterocycles. The average Bonchev–Trinajstić information content (AvgIpc) is 3.11. The molecule has 0 bridgehead atoms. The Morgan fingerprint density at radius 1 is 1.14 bits per heavy atom. The maximum atomic E-state index is 12.0. The number of hydrogen-bond donors (Lipinski definition) is 1. The molecule has 0 unspecified atom stereocenters. The van der Waals surface area contributed by atoms with Crippen LogP contribution in [0.15, 0.2) is 53.2 Å². The van der Waals surface area contributed by atoms with Gasteiger partial charge in [-0.25, -0.2) is 4.79 Å². The van der Waals surface area contributed by atoms with Crippen LogP contribution in [0.4, 0.5) is 5.69 Å². The van der Waals surface area contributed by atoms with Gasteiger partial charge in [0.1, 0.15) is 5.76 Å². The zero-order chi connectivity index (χ0) is 20.5. The molecule has 6 nitrogen and oxygen atoms in total. The third-order valence-corrected chi connectivity index (χ3v) is 4.96. The highest BCUT2D eigenvalue weighted by molar-refractivity contribution is 5.90. The summed E-state index contributed by atoms with van der Waals surface area (Å²) < 4.78 is 10.3. The molecule has 1 aromatic heterocycles. The Kier molecular flexibility index (Phi) is 7.50. The molecule has 29 heavy (non-hydrogen) atoms. The van der Waals surface area contributed by atoms with E-state index < -0.39 is 12.1 Å². The number of rotatable bonds is 7. The number of furan rings is 1. The second-order valence-corrected chi connectivity index (χ2v) is 7.20. The topological polar surface area (TPSA) is 71.8 Å². The van der Waals surface area contributed by atoms with Crippen molar-refractivity contribution in [2.75, 3.05) is 18.0 Å². The van der Waals surface area contributed by atoms with Crippen LogP contribution in [0.2, 0.25) is 0 Å². The van der Waals surface area contributed by atoms with Gasteiger partial charge in [0.25, 0.3) is 5.91 Å². The van der Waals surface area contributed by atoms with Gasteiger partial charge in [-0.2, -0.15) is 0 Å². The molecule has 0 radical (unpaired) electrons. The van der Waals surface area contributed by atoms with E-state index in [2.05, 4.69) is 22.3 Å². The molecular formula is C23H28N2O4. The first-order valence-electron chi connectivity index (χ1n) is 10.2. The normalized spacial score (nSPS) is 15.7. The maximum absolute atomic E-state index is 12.0. The second-order valence-electron chi connectivity index (χ2n) is 7.20. The first kappa shape index (κ1) is 20.7. The van der Waals surface area contributed by atoms with Crippen molar-refractivity contribution < 1.29 is 18.7 Å². The molecule has 2 heterocycles. The van der Waals surface area contributed by atoms with Crippen molar-refractivity contribution >= 4 is 23.6 Å². The largest absolute Gasteiger partial charge is 0.467 e. The highest BCUT2D eigenvalue weighted by atomic mass is 16.5. The van der Waals surface area contributed by atoms with Crippen LogP contribution in [0, 0.1) is 0 Å². The quantitative estimate of drug-likeness (QED) is 0.567. The Balaban J connectivity index is 1.46. The molecule has 0 aliphatic carbocycles. The number of nitrogens with one attached hydrogen (secondary N) is 1. The predicted molar refractivity (Wildman–Crippen MR) is 112 cm³/mol. The van der Waals surface area contributed by atoms with E-state index in [9.17, 15) is 9.59 Å². The Labute approximate surface area is 171 Å². The van der Waals surface area contributed by atoms with E-state index in [1.54, 1.807) is 25.1 Å². The van der Waals surface area contributed by atoms with E-state index in [-0.39, 0.29) is 12.5 Å². The number of carbonyl (C=O) groups is 2. The van der Waals surface area contributed by atoms with Crippen molar-refractivity contribution in [2.45, 2.75) is 45.3 Å². The highest BCUT2D eigenvalue weighted by Gasteiger charge is 2.16. The van der Waals surface area contributed by atoms with E-state index in [4.69, 9.17) is 9.15 Å². The summed E-state index contributed by atoms with van der Waals surface area (Å²) in [5.41, 5.74) is 2.13. The summed E-state index contributed by atoms with van der Waals surface area (Å²) in [6, 6.07) is 11.7. The molecule has 0 spiro atoms. The molecule has 154 valence electrons. The summed E-state index contributed by atoms with van der Waals surface area (Å²) in [6.07, 6.45) is 8.78. The van der Waals surface area contributed by atoms with Crippen LogP contribution < -0.4 is 10.2 Å². The molecule has 1 N–H and O–H groups in total. The lowest BCUT2D eigenvalue weighted by Crippen LogP contribution is -2.35. The summed E-state index contributed by atoms with van der Waals surface area (Å²) in [6.45, 7) is 3.99. The number of hydrogen-bond acceptors (Lipinski definition) is 5. The third kappa shape index (κ3) is 6.52. The van der Waals surface area contributed by atoms with Gasteiger partial charge in [0, 0.05) is 24.9 Å². The summed E-state index contributed by atoms with van der Waals surface area (Å²) in [5.74, 6) is -0.285. The second kappa shape index (κ2) is 10.5. The van der Waals surface area contributed by atoms with E-state index in [0.29, 0.717) is 5.76 Å². The van der Waals surface area contributed by atoms with Crippen LogP contribution in [-0.2, 0) is 20.9 Å². The van der Waals surface area contributed by atoms with E-state index >= 15 is 0 Å². The molecule has 1 amide bonds. The fourth-order valence-electron chi connectivity index (χ4n) is 3.29. The number of esters is 1. The van der Waals surface area contributed by atoms with Crippen molar-refractivity contribution in [3.8, 4) is 0 Å². The lowest BCUT2D eigenvalue weighted by molar-refractivity contribution is -0.150. The fourth-order valence-corrected chi connectivity index (χ4v) is 3.29. The number of amides is 1. The van der Waals surface area contributed by atoms with Crippen LogP contribution in [0.25, 0.3) is 6.08 Å². The van der Waals surface area contributed by atoms with Gasteiger partial charge in [-0.3, -0.25) is 4.79 Å². The van der Waals surface area contributed by atoms with Crippen LogP contribution >= 0.6 is 0 Å². The average molecular weight is 396 g/mol. The van der Waals surface area contributed by atoms with Crippen molar-refractivity contribution in [3.63, 3.8) is 0 Å². The number of ether oxygens (including phenoxy) is 1. The first-order chi connectivity index (χ1) is 14.1. The summed E-state index contributed by atoms with van der Waals surface area (Å²) in [5, 5.41) is 2.67. The summed E-state index contributed by atoms with van der Waals surface area (Å²) in [4.78, 5) is 26.4. The first-order valence-corrected chi connectivity index (χ1v) is 10.2. The summed E-state index contributed by atoms with van der Waals surface area (Å²) >= 11 is 0. The molecule has 1 atom stereocenters. The molecule has 1 fully saturated rings. The van der Waals surface area contributed by atoms with Crippen molar-refractivity contribution in [1.82, 2.24) is 5.32 Å². The molecule has 0 saturated carbocycles. The fraction of sp³-hybridized carbons (Fsp3) is 0.391. The van der Waals surface area contributed by atoms with Gasteiger partial charge < -0.3 is 19.4 Å². The van der Waals surface area contributed by atoms with Gasteiger partial charge in [0.05, 0.1) is 12.8 Å². The van der Waals surface area contributed by atoms with Crippen LogP contribution in [-0.4, -0.2) is 31.1 Å².